The third kappa shape index (κ3) is 3.44. The molecule has 0 spiro atoms. The largest absolute Gasteiger partial charge is 0.388 e. The van der Waals surface area contributed by atoms with Crippen molar-refractivity contribution in [1.82, 2.24) is 0 Å². The number of aryl methyl sites for hydroxylation is 1. The molecular weight excluding hydrogens is 244 g/mol. The van der Waals surface area contributed by atoms with Crippen molar-refractivity contribution in [2.24, 2.45) is 0 Å². The molecule has 1 aliphatic carbocycles. The fourth-order valence-corrected chi connectivity index (χ4v) is 2.61. The summed E-state index contributed by atoms with van der Waals surface area (Å²) < 4.78 is 0. The Morgan fingerprint density at radius 3 is 2.63 bits per heavy atom. The van der Waals surface area contributed by atoms with Crippen LogP contribution in [0.4, 0.5) is 11.4 Å². The Kier molecular flexibility index (Phi) is 4.04. The highest BCUT2D eigenvalue weighted by molar-refractivity contribution is 5.55. The standard InChI is InChI=1S/C14H20N2O3/c1-11-9-12(16(18)19)5-6-13(11)15-10-14(17)7-3-2-4-8-14/h5-6,9,15,17H,2-4,7-8,10H2,1H3. The number of hydrogen-bond donors (Lipinski definition) is 2. The molecule has 0 atom stereocenters. The minimum absolute atomic E-state index is 0.0967. The maximum Gasteiger partial charge on any atom is 0.269 e. The molecule has 19 heavy (non-hydrogen) atoms. The normalized spacial score (nSPS) is 18.0. The molecule has 0 saturated heterocycles. The van der Waals surface area contributed by atoms with E-state index in [1.54, 1.807) is 12.1 Å². The second-order valence-corrected chi connectivity index (χ2v) is 5.39. The van der Waals surface area contributed by atoms with Crippen molar-refractivity contribution in [3.05, 3.63) is 33.9 Å². The summed E-state index contributed by atoms with van der Waals surface area (Å²) >= 11 is 0. The Hall–Kier alpha value is -1.62. The molecule has 0 amide bonds. The molecule has 1 aromatic rings. The average Bonchev–Trinajstić information content (AvgIpc) is 2.38. The molecule has 5 nitrogen and oxygen atoms in total. The highest BCUT2D eigenvalue weighted by atomic mass is 16.6. The molecular formula is C14H20N2O3. The van der Waals surface area contributed by atoms with Crippen LogP contribution in [0.3, 0.4) is 0 Å². The number of anilines is 1. The Balaban J connectivity index is 2.01. The minimum Gasteiger partial charge on any atom is -0.388 e. The number of nitrogens with zero attached hydrogens (tertiary/aromatic N) is 1. The van der Waals surface area contributed by atoms with Gasteiger partial charge in [-0.1, -0.05) is 19.3 Å². The lowest BCUT2D eigenvalue weighted by molar-refractivity contribution is -0.384. The van der Waals surface area contributed by atoms with Crippen LogP contribution in [0.1, 0.15) is 37.7 Å². The molecule has 1 aromatic carbocycles. The highest BCUT2D eigenvalue weighted by Crippen LogP contribution is 2.29. The first-order valence-electron chi connectivity index (χ1n) is 6.71. The van der Waals surface area contributed by atoms with E-state index in [-0.39, 0.29) is 5.69 Å². The second kappa shape index (κ2) is 5.57. The van der Waals surface area contributed by atoms with E-state index in [1.807, 2.05) is 6.92 Å². The van der Waals surface area contributed by atoms with Crippen molar-refractivity contribution in [2.45, 2.75) is 44.6 Å². The number of non-ortho nitro benzene ring substituents is 1. The first-order valence-corrected chi connectivity index (χ1v) is 6.71. The van der Waals surface area contributed by atoms with E-state index in [2.05, 4.69) is 5.32 Å². The zero-order valence-corrected chi connectivity index (χ0v) is 11.2. The van der Waals surface area contributed by atoms with Crippen LogP contribution in [0.25, 0.3) is 0 Å². The number of rotatable bonds is 4. The van der Waals surface area contributed by atoms with Gasteiger partial charge in [0.05, 0.1) is 10.5 Å². The fourth-order valence-electron chi connectivity index (χ4n) is 2.61. The van der Waals surface area contributed by atoms with Crippen LogP contribution >= 0.6 is 0 Å². The summed E-state index contributed by atoms with van der Waals surface area (Å²) in [4.78, 5) is 10.3. The molecule has 0 bridgehead atoms. The van der Waals surface area contributed by atoms with Crippen molar-refractivity contribution >= 4 is 11.4 Å². The van der Waals surface area contributed by atoms with E-state index < -0.39 is 10.5 Å². The van der Waals surface area contributed by atoms with Gasteiger partial charge in [0.25, 0.3) is 5.69 Å². The SMILES string of the molecule is Cc1cc([N+](=O)[O-])ccc1NCC1(O)CCCCC1. The molecule has 1 saturated carbocycles. The predicted molar refractivity (Wildman–Crippen MR) is 74.4 cm³/mol. The summed E-state index contributed by atoms with van der Waals surface area (Å²) in [6.45, 7) is 2.34. The molecule has 1 fully saturated rings. The Morgan fingerprint density at radius 2 is 2.05 bits per heavy atom. The monoisotopic (exact) mass is 264 g/mol. The van der Waals surface area contributed by atoms with Gasteiger partial charge in [-0.25, -0.2) is 0 Å². The van der Waals surface area contributed by atoms with Crippen LogP contribution in [-0.4, -0.2) is 22.2 Å². The van der Waals surface area contributed by atoms with E-state index in [1.165, 1.54) is 12.5 Å². The number of nitro benzene ring substituents is 1. The molecule has 0 radical (unpaired) electrons. The molecule has 2 rings (SSSR count). The van der Waals surface area contributed by atoms with Gasteiger partial charge >= 0.3 is 0 Å². The fraction of sp³-hybridized carbons (Fsp3) is 0.571. The zero-order valence-electron chi connectivity index (χ0n) is 11.2. The zero-order chi connectivity index (χ0) is 13.9. The molecule has 1 aliphatic rings. The van der Waals surface area contributed by atoms with Gasteiger partial charge in [-0.3, -0.25) is 10.1 Å². The van der Waals surface area contributed by atoms with Crippen LogP contribution in [0, 0.1) is 17.0 Å². The summed E-state index contributed by atoms with van der Waals surface area (Å²) in [5.41, 5.74) is 1.14. The number of aliphatic hydroxyl groups is 1. The number of nitrogens with one attached hydrogen (secondary N) is 1. The van der Waals surface area contributed by atoms with Gasteiger partial charge in [0, 0.05) is 24.4 Å². The number of nitro groups is 1. The van der Waals surface area contributed by atoms with Crippen LogP contribution in [-0.2, 0) is 0 Å². The summed E-state index contributed by atoms with van der Waals surface area (Å²) in [7, 11) is 0. The average molecular weight is 264 g/mol. The van der Waals surface area contributed by atoms with Gasteiger partial charge in [0.15, 0.2) is 0 Å². The summed E-state index contributed by atoms with van der Waals surface area (Å²) in [6, 6.07) is 4.74. The number of hydrogen-bond acceptors (Lipinski definition) is 4. The predicted octanol–water partition coefficient (Wildman–Crippen LogP) is 3.01. The molecule has 0 aromatic heterocycles. The van der Waals surface area contributed by atoms with Gasteiger partial charge in [-0.05, 0) is 31.4 Å². The van der Waals surface area contributed by atoms with Crippen LogP contribution in [0.15, 0.2) is 18.2 Å². The molecule has 5 heteroatoms. The van der Waals surface area contributed by atoms with E-state index >= 15 is 0 Å². The molecule has 0 aliphatic heterocycles. The van der Waals surface area contributed by atoms with Crippen LogP contribution in [0.5, 0.6) is 0 Å². The maximum atomic E-state index is 10.7. The van der Waals surface area contributed by atoms with Crippen molar-refractivity contribution in [1.29, 1.82) is 0 Å². The molecule has 2 N–H and O–H groups in total. The van der Waals surface area contributed by atoms with Gasteiger partial charge in [-0.2, -0.15) is 0 Å². The lowest BCUT2D eigenvalue weighted by Gasteiger charge is -2.32. The molecule has 0 unspecified atom stereocenters. The summed E-state index contributed by atoms with van der Waals surface area (Å²) in [6.07, 6.45) is 4.98. The van der Waals surface area contributed by atoms with Gasteiger partial charge in [0.1, 0.15) is 0 Å². The Morgan fingerprint density at radius 1 is 1.37 bits per heavy atom. The topological polar surface area (TPSA) is 75.4 Å². The quantitative estimate of drug-likeness (QED) is 0.647. The van der Waals surface area contributed by atoms with Gasteiger partial charge in [0.2, 0.25) is 0 Å². The Labute approximate surface area is 112 Å². The third-order valence-electron chi connectivity index (χ3n) is 3.81. The van der Waals surface area contributed by atoms with Crippen molar-refractivity contribution in [3.63, 3.8) is 0 Å². The molecule has 0 heterocycles. The summed E-state index contributed by atoms with van der Waals surface area (Å²) in [5, 5.41) is 24.3. The lowest BCUT2D eigenvalue weighted by atomic mass is 9.85. The summed E-state index contributed by atoms with van der Waals surface area (Å²) in [5.74, 6) is 0. The van der Waals surface area contributed by atoms with E-state index in [9.17, 15) is 15.2 Å². The van der Waals surface area contributed by atoms with Crippen molar-refractivity contribution in [3.8, 4) is 0 Å². The second-order valence-electron chi connectivity index (χ2n) is 5.39. The van der Waals surface area contributed by atoms with Crippen molar-refractivity contribution < 1.29 is 10.0 Å². The molecule has 104 valence electrons. The Bertz CT molecular complexity index is 468. The lowest BCUT2D eigenvalue weighted by Crippen LogP contribution is -2.38. The number of benzene rings is 1. The highest BCUT2D eigenvalue weighted by Gasteiger charge is 2.28. The van der Waals surface area contributed by atoms with E-state index in [0.717, 1.165) is 36.9 Å². The van der Waals surface area contributed by atoms with Gasteiger partial charge in [-0.15, -0.1) is 0 Å². The first kappa shape index (κ1) is 13.8. The van der Waals surface area contributed by atoms with E-state index in [0.29, 0.717) is 6.54 Å². The van der Waals surface area contributed by atoms with Gasteiger partial charge < -0.3 is 10.4 Å². The first-order chi connectivity index (χ1) is 9.00. The minimum atomic E-state index is -0.632. The van der Waals surface area contributed by atoms with Crippen molar-refractivity contribution in [2.75, 3.05) is 11.9 Å². The smallest absolute Gasteiger partial charge is 0.269 e. The maximum absolute atomic E-state index is 10.7. The van der Waals surface area contributed by atoms with Crippen LogP contribution < -0.4 is 5.32 Å². The van der Waals surface area contributed by atoms with E-state index in [4.69, 9.17) is 0 Å². The third-order valence-corrected chi connectivity index (χ3v) is 3.81. The van der Waals surface area contributed by atoms with Crippen LogP contribution in [0.2, 0.25) is 0 Å².